The van der Waals surface area contributed by atoms with Gasteiger partial charge in [0.25, 0.3) is 0 Å². The Morgan fingerprint density at radius 3 is 2.36 bits per heavy atom. The summed E-state index contributed by atoms with van der Waals surface area (Å²) in [6, 6.07) is 6.23. The van der Waals surface area contributed by atoms with Gasteiger partial charge < -0.3 is 5.32 Å². The summed E-state index contributed by atoms with van der Waals surface area (Å²) in [5.41, 5.74) is 7.24. The fraction of sp³-hybridized carbons (Fsp3) is 0. The number of benzene rings is 1. The van der Waals surface area contributed by atoms with E-state index >= 15 is 0 Å². The number of rotatable bonds is 1. The molecule has 1 radical (unpaired) electrons. The number of nitrogens with one attached hydrogen (secondary N) is 2. The minimum atomic E-state index is -0.799. The molecule has 0 saturated heterocycles. The number of carbonyl (C=O) groups is 1. The highest BCUT2D eigenvalue weighted by Gasteiger charge is 1.94. The summed E-state index contributed by atoms with van der Waals surface area (Å²) < 4.78 is 0.945. The molecule has 0 aliphatic carbocycles. The zero-order valence-electron chi connectivity index (χ0n) is 5.60. The molecule has 1 rings (SSSR count). The molecule has 0 spiro atoms. The van der Waals surface area contributed by atoms with E-state index in [1.165, 1.54) is 0 Å². The van der Waals surface area contributed by atoms with Gasteiger partial charge in [-0.2, -0.15) is 0 Å². The second kappa shape index (κ2) is 3.39. The summed E-state index contributed by atoms with van der Waals surface area (Å²) in [4.78, 5) is 10.2. The SMILES string of the molecule is [NH]C(=O)Nc1ccc(Br)cc1. The molecule has 57 valence electrons. The van der Waals surface area contributed by atoms with Crippen molar-refractivity contribution in [2.24, 2.45) is 0 Å². The smallest absolute Gasteiger partial charge is 0.307 e. The Kier molecular flexibility index (Phi) is 2.48. The highest BCUT2D eigenvalue weighted by atomic mass is 79.9. The van der Waals surface area contributed by atoms with Crippen LogP contribution in [0, 0.1) is 0 Å². The molecule has 3 nitrogen and oxygen atoms in total. The zero-order valence-corrected chi connectivity index (χ0v) is 7.18. The molecule has 0 atom stereocenters. The summed E-state index contributed by atoms with van der Waals surface area (Å²) in [5.74, 6) is 0. The third-order valence-electron chi connectivity index (χ3n) is 1.10. The Labute approximate surface area is 72.7 Å². The second-order valence-electron chi connectivity index (χ2n) is 1.96. The van der Waals surface area contributed by atoms with Gasteiger partial charge >= 0.3 is 6.03 Å². The molecule has 11 heavy (non-hydrogen) atoms. The van der Waals surface area contributed by atoms with E-state index in [1.807, 2.05) is 0 Å². The van der Waals surface area contributed by atoms with Crippen molar-refractivity contribution < 1.29 is 4.79 Å². The first-order valence-corrected chi connectivity index (χ1v) is 3.76. The maximum Gasteiger partial charge on any atom is 0.337 e. The topological polar surface area (TPSA) is 52.9 Å². The van der Waals surface area contributed by atoms with Crippen LogP contribution in [-0.2, 0) is 0 Å². The van der Waals surface area contributed by atoms with Crippen molar-refractivity contribution in [3.63, 3.8) is 0 Å². The van der Waals surface area contributed by atoms with Gasteiger partial charge in [-0.05, 0) is 24.3 Å². The van der Waals surface area contributed by atoms with Crippen LogP contribution in [0.5, 0.6) is 0 Å². The van der Waals surface area contributed by atoms with Gasteiger partial charge in [-0.25, -0.2) is 10.5 Å². The Morgan fingerprint density at radius 1 is 1.36 bits per heavy atom. The molecule has 4 heteroatoms. The van der Waals surface area contributed by atoms with Gasteiger partial charge in [0.05, 0.1) is 0 Å². The number of hydrogen-bond donors (Lipinski definition) is 1. The first-order chi connectivity index (χ1) is 5.18. The zero-order chi connectivity index (χ0) is 8.27. The highest BCUT2D eigenvalue weighted by Crippen LogP contribution is 2.13. The van der Waals surface area contributed by atoms with Crippen molar-refractivity contribution in [1.82, 2.24) is 5.73 Å². The third-order valence-corrected chi connectivity index (χ3v) is 1.63. The monoisotopic (exact) mass is 213 g/mol. The normalized spacial score (nSPS) is 9.18. The number of anilines is 1. The molecule has 0 unspecified atom stereocenters. The van der Waals surface area contributed by atoms with Gasteiger partial charge in [-0.3, -0.25) is 0 Å². The Bertz CT molecular complexity index is 258. The van der Waals surface area contributed by atoms with Crippen molar-refractivity contribution >= 4 is 27.6 Å². The van der Waals surface area contributed by atoms with E-state index in [-0.39, 0.29) is 0 Å². The van der Waals surface area contributed by atoms with E-state index in [0.29, 0.717) is 5.69 Å². The van der Waals surface area contributed by atoms with E-state index in [4.69, 9.17) is 5.73 Å². The second-order valence-corrected chi connectivity index (χ2v) is 2.88. The Morgan fingerprint density at radius 2 is 1.91 bits per heavy atom. The number of halogens is 1. The van der Waals surface area contributed by atoms with E-state index in [1.54, 1.807) is 24.3 Å². The molecule has 0 fully saturated rings. The molecule has 2 amide bonds. The van der Waals surface area contributed by atoms with Crippen LogP contribution < -0.4 is 11.1 Å². The average molecular weight is 214 g/mol. The lowest BCUT2D eigenvalue weighted by Crippen LogP contribution is -2.08. The van der Waals surface area contributed by atoms with Crippen molar-refractivity contribution in [1.29, 1.82) is 0 Å². The summed E-state index contributed by atoms with van der Waals surface area (Å²) >= 11 is 3.25. The number of carbonyl (C=O) groups excluding carboxylic acids is 1. The Hall–Kier alpha value is -1.03. The number of hydrogen-bond acceptors (Lipinski definition) is 1. The predicted octanol–water partition coefficient (Wildman–Crippen LogP) is 2.26. The van der Waals surface area contributed by atoms with Crippen LogP contribution in [0.15, 0.2) is 28.7 Å². The number of amides is 2. The van der Waals surface area contributed by atoms with Gasteiger partial charge in [-0.15, -0.1) is 0 Å². The molecule has 1 aromatic rings. The molecule has 0 aliphatic rings. The summed E-state index contributed by atoms with van der Waals surface area (Å²) in [6.45, 7) is 0. The molecular weight excluding hydrogens is 208 g/mol. The first kappa shape index (κ1) is 8.07. The van der Waals surface area contributed by atoms with Crippen LogP contribution in [0.4, 0.5) is 10.5 Å². The maximum atomic E-state index is 10.2. The largest absolute Gasteiger partial charge is 0.337 e. The fourth-order valence-electron chi connectivity index (χ4n) is 0.664. The minimum absolute atomic E-state index is 0.633. The van der Waals surface area contributed by atoms with Crippen LogP contribution in [0.1, 0.15) is 0 Å². The van der Waals surface area contributed by atoms with Crippen LogP contribution in [0.3, 0.4) is 0 Å². The average Bonchev–Trinajstić information content (AvgIpc) is 1.93. The van der Waals surface area contributed by atoms with Crippen LogP contribution in [0.25, 0.3) is 0 Å². The maximum absolute atomic E-state index is 10.2. The van der Waals surface area contributed by atoms with E-state index in [9.17, 15) is 4.79 Å². The van der Waals surface area contributed by atoms with Crippen LogP contribution in [0.2, 0.25) is 0 Å². The van der Waals surface area contributed by atoms with Crippen molar-refractivity contribution in [3.05, 3.63) is 28.7 Å². The first-order valence-electron chi connectivity index (χ1n) is 2.96. The lowest BCUT2D eigenvalue weighted by molar-refractivity contribution is 0.258. The van der Waals surface area contributed by atoms with Gasteiger partial charge in [-0.1, -0.05) is 15.9 Å². The predicted molar refractivity (Wildman–Crippen MR) is 46.3 cm³/mol. The highest BCUT2D eigenvalue weighted by molar-refractivity contribution is 9.10. The standard InChI is InChI=1S/C7H6BrN2O/c8-5-1-3-6(4-2-5)10-7(9)11/h1-4,9H,(H,10,11). The van der Waals surface area contributed by atoms with Crippen LogP contribution in [-0.4, -0.2) is 6.03 Å². The summed E-state index contributed by atoms with van der Waals surface area (Å²) in [7, 11) is 0. The fourth-order valence-corrected chi connectivity index (χ4v) is 0.929. The molecule has 0 bridgehead atoms. The van der Waals surface area contributed by atoms with Gasteiger partial charge in [0.1, 0.15) is 0 Å². The number of urea groups is 1. The third kappa shape index (κ3) is 2.59. The van der Waals surface area contributed by atoms with Crippen molar-refractivity contribution in [2.45, 2.75) is 0 Å². The molecule has 0 saturated carbocycles. The lowest BCUT2D eigenvalue weighted by Gasteiger charge is -1.98. The van der Waals surface area contributed by atoms with E-state index in [0.717, 1.165) is 4.47 Å². The van der Waals surface area contributed by atoms with Crippen LogP contribution >= 0.6 is 15.9 Å². The molecule has 0 heterocycles. The van der Waals surface area contributed by atoms with Gasteiger partial charge in [0, 0.05) is 10.2 Å². The van der Waals surface area contributed by atoms with E-state index in [2.05, 4.69) is 21.2 Å². The molecule has 2 N–H and O–H groups in total. The molecular formula is C7H6BrN2O. The summed E-state index contributed by atoms with van der Waals surface area (Å²) in [5, 5.41) is 2.34. The Balaban J connectivity index is 2.74. The van der Waals surface area contributed by atoms with Gasteiger partial charge in [0.2, 0.25) is 0 Å². The lowest BCUT2D eigenvalue weighted by atomic mass is 10.3. The molecule has 1 aromatic carbocycles. The van der Waals surface area contributed by atoms with Crippen molar-refractivity contribution in [2.75, 3.05) is 5.32 Å². The van der Waals surface area contributed by atoms with E-state index < -0.39 is 6.03 Å². The quantitative estimate of drug-likeness (QED) is 0.765. The molecule has 0 aromatic heterocycles. The minimum Gasteiger partial charge on any atom is -0.307 e. The van der Waals surface area contributed by atoms with Gasteiger partial charge in [0.15, 0.2) is 0 Å². The van der Waals surface area contributed by atoms with Crippen molar-refractivity contribution in [3.8, 4) is 0 Å². The molecule has 0 aliphatic heterocycles. The summed E-state index contributed by atoms with van der Waals surface area (Å²) in [6.07, 6.45) is 0.